The van der Waals surface area contributed by atoms with Crippen LogP contribution in [0.5, 0.6) is 0 Å². The maximum Gasteiger partial charge on any atom is 0.305 e. The van der Waals surface area contributed by atoms with Crippen LogP contribution in [0.1, 0.15) is 77.6 Å². The van der Waals surface area contributed by atoms with E-state index in [0.29, 0.717) is 158 Å². The van der Waals surface area contributed by atoms with Crippen LogP contribution >= 0.6 is 0 Å². The van der Waals surface area contributed by atoms with Crippen LogP contribution in [-0.2, 0) is 71.1 Å². The molecule has 0 saturated carbocycles. The summed E-state index contributed by atoms with van der Waals surface area (Å²) in [6, 6.07) is 0. The molecular formula is C39H76O15. The van der Waals surface area contributed by atoms with E-state index in [1.807, 2.05) is 0 Å². The molecule has 0 aromatic carbocycles. The van der Waals surface area contributed by atoms with Crippen LogP contribution < -0.4 is 0 Å². The van der Waals surface area contributed by atoms with E-state index in [1.54, 1.807) is 0 Å². The lowest BCUT2D eigenvalue weighted by Gasteiger charge is -2.22. The Hall–Kier alpha value is -1.05. The molecule has 15 heteroatoms. The summed E-state index contributed by atoms with van der Waals surface area (Å²) in [5.74, 6) is -0.141. The standard InChI is InChI=1S/C39H76O15/c1-2-3-4-5-6-7-8-11-38(40)52-36-34-50-32-30-48-28-26-46-24-22-44-20-18-42-16-14-41-15-17-43-19-21-45-23-25-47-27-29-49-31-33-51-35-37-54-39-12-9-10-13-53-39/h39H,2-37H2,1H3. The van der Waals surface area contributed by atoms with E-state index in [1.165, 1.54) is 32.1 Å². The maximum atomic E-state index is 11.7. The molecule has 0 aromatic rings. The molecule has 1 fully saturated rings. The average molecular weight is 785 g/mol. The van der Waals surface area contributed by atoms with E-state index in [-0.39, 0.29) is 18.9 Å². The van der Waals surface area contributed by atoms with Crippen molar-refractivity contribution in [3.63, 3.8) is 0 Å². The smallest absolute Gasteiger partial charge is 0.305 e. The van der Waals surface area contributed by atoms with Crippen LogP contribution in [0.15, 0.2) is 0 Å². The number of carbonyl (C=O) groups excluding carboxylic acids is 1. The molecule has 1 atom stereocenters. The van der Waals surface area contributed by atoms with Gasteiger partial charge in [0, 0.05) is 13.0 Å². The highest BCUT2D eigenvalue weighted by Gasteiger charge is 2.13. The molecule has 0 amide bonds. The van der Waals surface area contributed by atoms with Gasteiger partial charge in [-0.3, -0.25) is 4.79 Å². The zero-order chi connectivity index (χ0) is 38.5. The Morgan fingerprint density at radius 2 is 0.759 bits per heavy atom. The van der Waals surface area contributed by atoms with E-state index in [4.69, 9.17) is 66.3 Å². The number of esters is 1. The van der Waals surface area contributed by atoms with Gasteiger partial charge in [0.2, 0.25) is 0 Å². The zero-order valence-corrected chi connectivity index (χ0v) is 33.7. The second-order valence-corrected chi connectivity index (χ2v) is 12.5. The molecule has 0 bridgehead atoms. The largest absolute Gasteiger partial charge is 0.463 e. The molecule has 1 heterocycles. The van der Waals surface area contributed by atoms with E-state index in [0.717, 1.165) is 38.7 Å². The molecule has 1 aliphatic heterocycles. The van der Waals surface area contributed by atoms with Crippen molar-refractivity contribution in [3.8, 4) is 0 Å². The van der Waals surface area contributed by atoms with Crippen molar-refractivity contribution in [2.45, 2.75) is 83.8 Å². The van der Waals surface area contributed by atoms with Gasteiger partial charge in [-0.1, -0.05) is 45.4 Å². The third kappa shape index (κ3) is 40.6. The summed E-state index contributed by atoms with van der Waals surface area (Å²) in [7, 11) is 0. The maximum absolute atomic E-state index is 11.7. The van der Waals surface area contributed by atoms with Crippen LogP contribution in [0.25, 0.3) is 0 Å². The van der Waals surface area contributed by atoms with Crippen molar-refractivity contribution in [1.29, 1.82) is 0 Å². The van der Waals surface area contributed by atoms with Crippen molar-refractivity contribution in [2.75, 3.05) is 165 Å². The summed E-state index contributed by atoms with van der Waals surface area (Å²) in [5, 5.41) is 0. The van der Waals surface area contributed by atoms with Gasteiger partial charge >= 0.3 is 5.97 Å². The Balaban J connectivity index is 1.61. The summed E-state index contributed by atoms with van der Waals surface area (Å²) >= 11 is 0. The lowest BCUT2D eigenvalue weighted by molar-refractivity contribution is -0.169. The highest BCUT2D eigenvalue weighted by Crippen LogP contribution is 2.13. The van der Waals surface area contributed by atoms with Gasteiger partial charge in [0.25, 0.3) is 0 Å². The van der Waals surface area contributed by atoms with Crippen molar-refractivity contribution >= 4 is 5.97 Å². The second kappa shape index (κ2) is 44.7. The molecule has 0 N–H and O–H groups in total. The summed E-state index contributed by atoms with van der Waals surface area (Å²) in [5.41, 5.74) is 0. The van der Waals surface area contributed by atoms with Crippen LogP contribution in [0.4, 0.5) is 0 Å². The SMILES string of the molecule is CCCCCCCCCC(=O)OCCOCCOCCOCCOCCOCCOCCOCCOCCOCCOCCOCCOC1CCCCO1. The molecule has 0 radical (unpaired) electrons. The third-order valence-electron chi connectivity index (χ3n) is 7.86. The molecule has 1 aliphatic rings. The second-order valence-electron chi connectivity index (χ2n) is 12.5. The summed E-state index contributed by atoms with van der Waals surface area (Å²) in [6.45, 7) is 14.8. The van der Waals surface area contributed by atoms with Crippen molar-refractivity contribution < 1.29 is 71.1 Å². The molecule has 15 nitrogen and oxygen atoms in total. The minimum Gasteiger partial charge on any atom is -0.463 e. The predicted octanol–water partition coefficient (Wildman–Crippen LogP) is 4.40. The first-order valence-corrected chi connectivity index (χ1v) is 20.6. The van der Waals surface area contributed by atoms with Crippen LogP contribution in [-0.4, -0.2) is 177 Å². The Morgan fingerprint density at radius 3 is 1.11 bits per heavy atom. The number of unbranched alkanes of at least 4 members (excludes halogenated alkanes) is 6. The molecular weight excluding hydrogens is 708 g/mol. The van der Waals surface area contributed by atoms with Crippen molar-refractivity contribution in [1.82, 2.24) is 0 Å². The first-order valence-electron chi connectivity index (χ1n) is 20.6. The van der Waals surface area contributed by atoms with Crippen LogP contribution in [0.2, 0.25) is 0 Å². The van der Waals surface area contributed by atoms with Gasteiger partial charge in [0.05, 0.1) is 152 Å². The first kappa shape index (κ1) is 51.0. The van der Waals surface area contributed by atoms with Gasteiger partial charge in [-0.25, -0.2) is 0 Å². The van der Waals surface area contributed by atoms with Crippen molar-refractivity contribution in [3.05, 3.63) is 0 Å². The number of rotatable bonds is 45. The molecule has 1 saturated heterocycles. The topological polar surface area (TPSA) is 146 Å². The normalized spacial score (nSPS) is 14.6. The highest BCUT2D eigenvalue weighted by molar-refractivity contribution is 5.69. The fourth-order valence-corrected chi connectivity index (χ4v) is 4.90. The molecule has 1 unspecified atom stereocenters. The summed E-state index contributed by atoms with van der Waals surface area (Å²) < 4.78 is 76.7. The van der Waals surface area contributed by atoms with Gasteiger partial charge in [-0.05, 0) is 25.7 Å². The van der Waals surface area contributed by atoms with Crippen LogP contribution in [0, 0.1) is 0 Å². The third-order valence-corrected chi connectivity index (χ3v) is 7.86. The van der Waals surface area contributed by atoms with Gasteiger partial charge in [0.1, 0.15) is 6.61 Å². The Labute approximate surface area is 325 Å². The molecule has 0 aliphatic carbocycles. The molecule has 0 aromatic heterocycles. The van der Waals surface area contributed by atoms with E-state index < -0.39 is 0 Å². The van der Waals surface area contributed by atoms with E-state index in [9.17, 15) is 4.79 Å². The highest BCUT2D eigenvalue weighted by atomic mass is 16.7. The van der Waals surface area contributed by atoms with E-state index in [2.05, 4.69) is 6.92 Å². The number of ether oxygens (including phenoxy) is 14. The van der Waals surface area contributed by atoms with E-state index >= 15 is 0 Å². The van der Waals surface area contributed by atoms with Gasteiger partial charge in [0.15, 0.2) is 6.29 Å². The Kier molecular flexibility index (Phi) is 42.2. The fraction of sp³-hybridized carbons (Fsp3) is 0.974. The molecule has 54 heavy (non-hydrogen) atoms. The first-order chi connectivity index (χ1) is 26.8. The predicted molar refractivity (Wildman–Crippen MR) is 202 cm³/mol. The Bertz CT molecular complexity index is 730. The van der Waals surface area contributed by atoms with Crippen molar-refractivity contribution in [2.24, 2.45) is 0 Å². The molecule has 1 rings (SSSR count). The summed E-state index contributed by atoms with van der Waals surface area (Å²) in [6.07, 6.45) is 12.0. The fourth-order valence-electron chi connectivity index (χ4n) is 4.90. The van der Waals surface area contributed by atoms with Gasteiger partial charge in [-0.15, -0.1) is 0 Å². The number of hydrogen-bond acceptors (Lipinski definition) is 15. The lowest BCUT2D eigenvalue weighted by atomic mass is 10.1. The monoisotopic (exact) mass is 785 g/mol. The zero-order valence-electron chi connectivity index (χ0n) is 33.7. The molecule has 0 spiro atoms. The molecule has 322 valence electrons. The van der Waals surface area contributed by atoms with Crippen LogP contribution in [0.3, 0.4) is 0 Å². The lowest BCUT2D eigenvalue weighted by Crippen LogP contribution is -2.24. The minimum absolute atomic E-state index is 0.0694. The minimum atomic E-state index is -0.141. The van der Waals surface area contributed by atoms with Gasteiger partial charge in [-0.2, -0.15) is 0 Å². The van der Waals surface area contributed by atoms with Gasteiger partial charge < -0.3 is 66.3 Å². The summed E-state index contributed by atoms with van der Waals surface area (Å²) in [4.78, 5) is 11.7. The average Bonchev–Trinajstić information content (AvgIpc) is 3.19. The number of carbonyl (C=O) groups is 1. The Morgan fingerprint density at radius 1 is 0.426 bits per heavy atom. The number of hydrogen-bond donors (Lipinski definition) is 0. The quantitative estimate of drug-likeness (QED) is 0.0635.